The van der Waals surface area contributed by atoms with Gasteiger partial charge < -0.3 is 10.5 Å². The number of thiazole rings is 1. The van der Waals surface area contributed by atoms with Crippen molar-refractivity contribution in [3.05, 3.63) is 40.4 Å². The van der Waals surface area contributed by atoms with Crippen LogP contribution in [0.4, 0.5) is 5.13 Å². The average Bonchev–Trinajstić information content (AvgIpc) is 2.82. The summed E-state index contributed by atoms with van der Waals surface area (Å²) >= 11 is 1.46. The van der Waals surface area contributed by atoms with Gasteiger partial charge in [-0.1, -0.05) is 12.1 Å². The fraction of sp³-hybridized carbons (Fsp3) is 0.214. The molecule has 4 heteroatoms. The monoisotopic (exact) mass is 258 g/mol. The molecule has 3 rings (SSSR count). The van der Waals surface area contributed by atoms with Crippen LogP contribution in [0.1, 0.15) is 23.2 Å². The van der Waals surface area contributed by atoms with Gasteiger partial charge in [0, 0.05) is 5.38 Å². The molecule has 0 aliphatic carbocycles. The Kier molecular flexibility index (Phi) is 3.02. The van der Waals surface area contributed by atoms with Gasteiger partial charge in [0.25, 0.3) is 0 Å². The number of hydrogen-bond donors (Lipinski definition) is 1. The molecule has 92 valence electrons. The molecule has 0 saturated heterocycles. The second-order valence-electron chi connectivity index (χ2n) is 4.26. The van der Waals surface area contributed by atoms with E-state index < -0.39 is 0 Å². The number of aromatic nitrogens is 1. The molecule has 18 heavy (non-hydrogen) atoms. The first kappa shape index (κ1) is 11.3. The summed E-state index contributed by atoms with van der Waals surface area (Å²) < 4.78 is 5.59. The molecule has 0 amide bonds. The standard InChI is InChI=1S/C14H14N2OS/c15-14-16-12(9-18-14)5-3-10-4-6-13-11(8-10)2-1-7-17-13/h3-6,8-9H,1-2,7H2,(H2,15,16). The van der Waals surface area contributed by atoms with Crippen LogP contribution in [0.2, 0.25) is 0 Å². The number of ether oxygens (including phenoxy) is 1. The molecule has 2 N–H and O–H groups in total. The first-order valence-electron chi connectivity index (χ1n) is 5.96. The van der Waals surface area contributed by atoms with E-state index in [1.807, 2.05) is 17.5 Å². The van der Waals surface area contributed by atoms with E-state index in [1.165, 1.54) is 22.5 Å². The van der Waals surface area contributed by atoms with Gasteiger partial charge in [-0.05, 0) is 42.2 Å². The Morgan fingerprint density at radius 1 is 1.33 bits per heavy atom. The third kappa shape index (κ3) is 2.38. The summed E-state index contributed by atoms with van der Waals surface area (Å²) in [6.07, 6.45) is 6.24. The van der Waals surface area contributed by atoms with E-state index in [9.17, 15) is 0 Å². The van der Waals surface area contributed by atoms with Crippen molar-refractivity contribution in [2.24, 2.45) is 0 Å². The third-order valence-electron chi connectivity index (χ3n) is 2.92. The highest BCUT2D eigenvalue weighted by molar-refractivity contribution is 7.13. The van der Waals surface area contributed by atoms with Gasteiger partial charge in [-0.15, -0.1) is 11.3 Å². The van der Waals surface area contributed by atoms with E-state index in [0.717, 1.165) is 30.9 Å². The summed E-state index contributed by atoms with van der Waals surface area (Å²) in [7, 11) is 0. The van der Waals surface area contributed by atoms with Crippen LogP contribution >= 0.6 is 11.3 Å². The lowest BCUT2D eigenvalue weighted by molar-refractivity contribution is 0.288. The van der Waals surface area contributed by atoms with Crippen LogP contribution in [0.15, 0.2) is 23.6 Å². The number of aryl methyl sites for hydroxylation is 1. The van der Waals surface area contributed by atoms with Crippen LogP contribution < -0.4 is 10.5 Å². The highest BCUT2D eigenvalue weighted by atomic mass is 32.1. The molecular weight excluding hydrogens is 244 g/mol. The SMILES string of the molecule is Nc1nc(C=Cc2ccc3c(c2)CCCO3)cs1. The molecule has 0 spiro atoms. The fourth-order valence-electron chi connectivity index (χ4n) is 2.04. The molecule has 3 nitrogen and oxygen atoms in total. The zero-order valence-electron chi connectivity index (χ0n) is 9.93. The summed E-state index contributed by atoms with van der Waals surface area (Å²) in [6.45, 7) is 0.834. The second-order valence-corrected chi connectivity index (χ2v) is 5.15. The highest BCUT2D eigenvalue weighted by Crippen LogP contribution is 2.26. The van der Waals surface area contributed by atoms with E-state index in [0.29, 0.717) is 5.13 Å². The van der Waals surface area contributed by atoms with Gasteiger partial charge in [0.2, 0.25) is 0 Å². The molecule has 2 heterocycles. The Labute approximate surface area is 110 Å². The molecule has 1 aromatic carbocycles. The van der Waals surface area contributed by atoms with Crippen LogP contribution in [0.25, 0.3) is 12.2 Å². The zero-order valence-corrected chi connectivity index (χ0v) is 10.7. The first-order chi connectivity index (χ1) is 8.81. The predicted octanol–water partition coefficient (Wildman–Crippen LogP) is 3.22. The van der Waals surface area contributed by atoms with Crippen LogP contribution in [-0.4, -0.2) is 11.6 Å². The van der Waals surface area contributed by atoms with E-state index in [-0.39, 0.29) is 0 Å². The number of nitrogens with two attached hydrogens (primary N) is 1. The fourth-order valence-corrected chi connectivity index (χ4v) is 2.57. The lowest BCUT2D eigenvalue weighted by Crippen LogP contribution is -2.07. The average molecular weight is 258 g/mol. The maximum absolute atomic E-state index is 5.60. The van der Waals surface area contributed by atoms with Gasteiger partial charge in [-0.3, -0.25) is 0 Å². The molecular formula is C14H14N2OS. The molecule has 0 unspecified atom stereocenters. The second kappa shape index (κ2) is 4.82. The predicted molar refractivity (Wildman–Crippen MR) is 75.7 cm³/mol. The number of hydrogen-bond acceptors (Lipinski definition) is 4. The van der Waals surface area contributed by atoms with Crippen LogP contribution in [-0.2, 0) is 6.42 Å². The number of rotatable bonds is 2. The van der Waals surface area contributed by atoms with E-state index in [1.54, 1.807) is 0 Å². The minimum Gasteiger partial charge on any atom is -0.493 e. The van der Waals surface area contributed by atoms with Crippen molar-refractivity contribution in [2.75, 3.05) is 12.3 Å². The Morgan fingerprint density at radius 2 is 2.28 bits per heavy atom. The minimum atomic E-state index is 0.605. The van der Waals surface area contributed by atoms with Crippen LogP contribution in [0.5, 0.6) is 5.75 Å². The Balaban J connectivity index is 1.82. The van der Waals surface area contributed by atoms with Crippen molar-refractivity contribution in [1.82, 2.24) is 4.98 Å². The van der Waals surface area contributed by atoms with E-state index >= 15 is 0 Å². The molecule has 2 aromatic rings. The van der Waals surface area contributed by atoms with Crippen molar-refractivity contribution < 1.29 is 4.74 Å². The Hall–Kier alpha value is -1.81. The summed E-state index contributed by atoms with van der Waals surface area (Å²) in [5.41, 5.74) is 8.97. The number of nitrogens with zero attached hydrogens (tertiary/aromatic N) is 1. The van der Waals surface area contributed by atoms with Crippen molar-refractivity contribution in [3.8, 4) is 5.75 Å². The summed E-state index contributed by atoms with van der Waals surface area (Å²) in [4.78, 5) is 4.20. The van der Waals surface area contributed by atoms with Crippen LogP contribution in [0, 0.1) is 0 Å². The van der Waals surface area contributed by atoms with Gasteiger partial charge in [-0.25, -0.2) is 4.98 Å². The molecule has 0 saturated carbocycles. The number of anilines is 1. The van der Waals surface area contributed by atoms with E-state index in [4.69, 9.17) is 10.5 Å². The third-order valence-corrected chi connectivity index (χ3v) is 3.61. The molecule has 1 aliphatic rings. The molecule has 1 aromatic heterocycles. The Morgan fingerprint density at radius 3 is 3.11 bits per heavy atom. The van der Waals surface area contributed by atoms with Gasteiger partial charge in [0.15, 0.2) is 5.13 Å². The number of nitrogen functional groups attached to an aromatic ring is 1. The summed E-state index contributed by atoms with van der Waals surface area (Å²) in [5, 5.41) is 2.56. The van der Waals surface area contributed by atoms with Gasteiger partial charge in [-0.2, -0.15) is 0 Å². The molecule has 0 fully saturated rings. The maximum Gasteiger partial charge on any atom is 0.180 e. The normalized spacial score (nSPS) is 14.4. The quantitative estimate of drug-likeness (QED) is 0.899. The molecule has 0 bridgehead atoms. The topological polar surface area (TPSA) is 48.1 Å². The van der Waals surface area contributed by atoms with Gasteiger partial charge in [0.1, 0.15) is 5.75 Å². The summed E-state index contributed by atoms with van der Waals surface area (Å²) in [5.74, 6) is 1.02. The van der Waals surface area contributed by atoms with Crippen molar-refractivity contribution in [2.45, 2.75) is 12.8 Å². The molecule has 0 atom stereocenters. The maximum atomic E-state index is 5.60. The van der Waals surface area contributed by atoms with E-state index in [2.05, 4.69) is 23.2 Å². The van der Waals surface area contributed by atoms with Crippen molar-refractivity contribution in [3.63, 3.8) is 0 Å². The van der Waals surface area contributed by atoms with Crippen molar-refractivity contribution >= 4 is 28.6 Å². The van der Waals surface area contributed by atoms with Crippen molar-refractivity contribution in [1.29, 1.82) is 0 Å². The number of fused-ring (bicyclic) bond motifs is 1. The smallest absolute Gasteiger partial charge is 0.180 e. The minimum absolute atomic E-state index is 0.605. The lowest BCUT2D eigenvalue weighted by Gasteiger charge is -2.17. The van der Waals surface area contributed by atoms with Gasteiger partial charge in [0.05, 0.1) is 12.3 Å². The highest BCUT2D eigenvalue weighted by Gasteiger charge is 2.09. The Bertz CT molecular complexity index is 589. The molecule has 0 radical (unpaired) electrons. The molecule has 1 aliphatic heterocycles. The zero-order chi connectivity index (χ0) is 12.4. The number of benzene rings is 1. The first-order valence-corrected chi connectivity index (χ1v) is 6.84. The van der Waals surface area contributed by atoms with Gasteiger partial charge >= 0.3 is 0 Å². The summed E-state index contributed by atoms with van der Waals surface area (Å²) in [6, 6.07) is 6.29. The lowest BCUT2D eigenvalue weighted by atomic mass is 10.0. The van der Waals surface area contributed by atoms with Crippen LogP contribution in [0.3, 0.4) is 0 Å². The largest absolute Gasteiger partial charge is 0.493 e.